The highest BCUT2D eigenvalue weighted by molar-refractivity contribution is 7.71. The lowest BCUT2D eigenvalue weighted by Gasteiger charge is -2.19. The van der Waals surface area contributed by atoms with Crippen molar-refractivity contribution in [2.24, 2.45) is 0 Å². The van der Waals surface area contributed by atoms with Gasteiger partial charge in [0.15, 0.2) is 0 Å². The fourth-order valence-electron chi connectivity index (χ4n) is 3.20. The van der Waals surface area contributed by atoms with Crippen LogP contribution in [0.4, 0.5) is 0 Å². The van der Waals surface area contributed by atoms with E-state index in [0.717, 1.165) is 48.4 Å². The molecule has 0 bridgehead atoms. The van der Waals surface area contributed by atoms with Crippen LogP contribution < -0.4 is 0 Å². The largest absolute Gasteiger partial charge is 0.329 e. The molecule has 1 heterocycles. The monoisotopic (exact) mass is 313 g/mol. The fraction of sp³-hybridized carbons (Fsp3) is 0.444. The third-order valence-electron chi connectivity index (χ3n) is 4.25. The van der Waals surface area contributed by atoms with Crippen LogP contribution in [0.1, 0.15) is 24.1 Å². The van der Waals surface area contributed by atoms with Gasteiger partial charge in [-0.2, -0.15) is 0 Å². The average Bonchev–Trinajstić information content (AvgIpc) is 3.00. The van der Waals surface area contributed by atoms with E-state index in [1.807, 2.05) is 6.07 Å². The molecule has 1 aliphatic rings. The summed E-state index contributed by atoms with van der Waals surface area (Å²) in [7, 11) is 4.25. The van der Waals surface area contributed by atoms with Gasteiger partial charge in [-0.25, -0.2) is 4.98 Å². The lowest BCUT2D eigenvalue weighted by molar-refractivity contribution is 0.384. The first-order valence-corrected chi connectivity index (χ1v) is 8.40. The van der Waals surface area contributed by atoms with Crippen molar-refractivity contribution in [3.05, 3.63) is 46.2 Å². The van der Waals surface area contributed by atoms with E-state index in [9.17, 15) is 0 Å². The minimum Gasteiger partial charge on any atom is -0.329 e. The number of hydrogen-bond acceptors (Lipinski definition) is 3. The molecule has 0 spiro atoms. The van der Waals surface area contributed by atoms with Crippen molar-refractivity contribution in [3.8, 4) is 11.4 Å². The lowest BCUT2D eigenvalue weighted by atomic mass is 10.1. The molecule has 0 aliphatic heterocycles. The van der Waals surface area contributed by atoms with Crippen molar-refractivity contribution in [3.63, 3.8) is 0 Å². The number of benzene rings is 1. The molecule has 0 saturated heterocycles. The van der Waals surface area contributed by atoms with Crippen LogP contribution in [0.2, 0.25) is 0 Å². The highest BCUT2D eigenvalue weighted by Gasteiger charge is 2.20. The van der Waals surface area contributed by atoms with Crippen molar-refractivity contribution in [2.45, 2.75) is 32.2 Å². The SMILES string of the molecule is CN(C)CCCn1c(-c2ccccc2)nc(=S)c2c1CCC2. The number of fused-ring (bicyclic) bond motifs is 1. The minimum absolute atomic E-state index is 0.801. The maximum Gasteiger partial charge on any atom is 0.141 e. The maximum atomic E-state index is 5.55. The number of hydrogen-bond donors (Lipinski definition) is 0. The normalized spacial score (nSPS) is 13.6. The Hall–Kier alpha value is -1.52. The molecule has 4 heteroatoms. The van der Waals surface area contributed by atoms with Gasteiger partial charge in [-0.3, -0.25) is 0 Å². The first-order chi connectivity index (χ1) is 10.7. The zero-order chi connectivity index (χ0) is 15.5. The summed E-state index contributed by atoms with van der Waals surface area (Å²) in [5, 5.41) is 0. The molecule has 1 aromatic carbocycles. The quantitative estimate of drug-likeness (QED) is 0.785. The maximum absolute atomic E-state index is 5.55. The molecule has 1 aromatic heterocycles. The summed E-state index contributed by atoms with van der Waals surface area (Å²) < 4.78 is 3.21. The van der Waals surface area contributed by atoms with Gasteiger partial charge in [0, 0.05) is 23.4 Å². The summed E-state index contributed by atoms with van der Waals surface area (Å²) in [6, 6.07) is 10.4. The van der Waals surface area contributed by atoms with Crippen LogP contribution >= 0.6 is 12.2 Å². The van der Waals surface area contributed by atoms with Gasteiger partial charge < -0.3 is 9.47 Å². The molecule has 0 N–H and O–H groups in total. The Kier molecular flexibility index (Phi) is 4.69. The molecular formula is C18H23N3S. The molecule has 1 aliphatic carbocycles. The second kappa shape index (κ2) is 6.71. The molecule has 2 aromatic rings. The van der Waals surface area contributed by atoms with Gasteiger partial charge in [0.25, 0.3) is 0 Å². The van der Waals surface area contributed by atoms with Crippen LogP contribution in [0, 0.1) is 4.64 Å². The Morgan fingerprint density at radius 3 is 2.68 bits per heavy atom. The summed E-state index contributed by atoms with van der Waals surface area (Å²) in [4.78, 5) is 7.01. The summed E-state index contributed by atoms with van der Waals surface area (Å²) >= 11 is 5.55. The van der Waals surface area contributed by atoms with Crippen molar-refractivity contribution >= 4 is 12.2 Å². The molecular weight excluding hydrogens is 290 g/mol. The zero-order valence-corrected chi connectivity index (χ0v) is 14.2. The highest BCUT2D eigenvalue weighted by Crippen LogP contribution is 2.28. The zero-order valence-electron chi connectivity index (χ0n) is 13.4. The first kappa shape index (κ1) is 15.4. The van der Waals surface area contributed by atoms with Crippen LogP contribution in [0.25, 0.3) is 11.4 Å². The molecule has 0 saturated carbocycles. The van der Waals surface area contributed by atoms with Crippen molar-refractivity contribution in [1.82, 2.24) is 14.5 Å². The van der Waals surface area contributed by atoms with Crippen LogP contribution in [0.5, 0.6) is 0 Å². The van der Waals surface area contributed by atoms with E-state index in [1.165, 1.54) is 17.7 Å². The van der Waals surface area contributed by atoms with Gasteiger partial charge in [-0.1, -0.05) is 42.5 Å². The molecule has 3 rings (SSSR count). The molecule has 116 valence electrons. The van der Waals surface area contributed by atoms with Crippen LogP contribution in [-0.4, -0.2) is 35.1 Å². The Morgan fingerprint density at radius 1 is 1.18 bits per heavy atom. The lowest BCUT2D eigenvalue weighted by Crippen LogP contribution is -2.18. The third kappa shape index (κ3) is 3.13. The predicted molar refractivity (Wildman–Crippen MR) is 93.7 cm³/mol. The average molecular weight is 313 g/mol. The van der Waals surface area contributed by atoms with Gasteiger partial charge in [0.1, 0.15) is 10.5 Å². The second-order valence-corrected chi connectivity index (χ2v) is 6.58. The van der Waals surface area contributed by atoms with Gasteiger partial charge in [0.2, 0.25) is 0 Å². The number of rotatable bonds is 5. The molecule has 3 nitrogen and oxygen atoms in total. The van der Waals surface area contributed by atoms with Crippen LogP contribution in [0.15, 0.2) is 30.3 Å². The number of nitrogens with zero attached hydrogens (tertiary/aromatic N) is 3. The molecule has 22 heavy (non-hydrogen) atoms. The highest BCUT2D eigenvalue weighted by atomic mass is 32.1. The Labute approximate surface area is 137 Å². The molecule has 0 radical (unpaired) electrons. The van der Waals surface area contributed by atoms with Gasteiger partial charge in [0.05, 0.1) is 0 Å². The first-order valence-electron chi connectivity index (χ1n) is 7.99. The molecule has 0 fully saturated rings. The van der Waals surface area contributed by atoms with E-state index in [4.69, 9.17) is 17.2 Å². The second-order valence-electron chi connectivity index (χ2n) is 6.19. The number of aromatic nitrogens is 2. The van der Waals surface area contributed by atoms with E-state index in [2.05, 4.69) is 47.8 Å². The van der Waals surface area contributed by atoms with Crippen molar-refractivity contribution in [1.29, 1.82) is 0 Å². The van der Waals surface area contributed by atoms with E-state index < -0.39 is 0 Å². The van der Waals surface area contributed by atoms with Crippen molar-refractivity contribution in [2.75, 3.05) is 20.6 Å². The topological polar surface area (TPSA) is 21.1 Å². The summed E-state index contributed by atoms with van der Waals surface area (Å²) in [6.07, 6.45) is 4.54. The minimum atomic E-state index is 0.801. The summed E-state index contributed by atoms with van der Waals surface area (Å²) in [5.74, 6) is 1.03. The molecule has 0 unspecified atom stereocenters. The van der Waals surface area contributed by atoms with E-state index >= 15 is 0 Å². The summed E-state index contributed by atoms with van der Waals surface area (Å²) in [5.41, 5.74) is 3.88. The standard InChI is InChI=1S/C18H23N3S/c1-20(2)12-7-13-21-16-11-6-10-15(16)18(22)19-17(21)14-8-4-3-5-9-14/h3-5,8-9H,6-7,10-13H2,1-2H3. The molecule has 0 atom stereocenters. The Balaban J connectivity index is 2.04. The van der Waals surface area contributed by atoms with Crippen LogP contribution in [0.3, 0.4) is 0 Å². The fourth-order valence-corrected chi connectivity index (χ4v) is 3.51. The molecule has 0 amide bonds. The van der Waals surface area contributed by atoms with Crippen molar-refractivity contribution < 1.29 is 0 Å². The Morgan fingerprint density at radius 2 is 1.95 bits per heavy atom. The predicted octanol–water partition coefficient (Wildman–Crippen LogP) is 3.72. The third-order valence-corrected chi connectivity index (χ3v) is 4.59. The van der Waals surface area contributed by atoms with E-state index in [0.29, 0.717) is 0 Å². The Bertz CT molecular complexity index is 704. The van der Waals surface area contributed by atoms with Gasteiger partial charge in [-0.05, 0) is 46.3 Å². The van der Waals surface area contributed by atoms with Crippen LogP contribution in [-0.2, 0) is 19.4 Å². The van der Waals surface area contributed by atoms with E-state index in [-0.39, 0.29) is 0 Å². The summed E-state index contributed by atoms with van der Waals surface area (Å²) in [6.45, 7) is 2.10. The van der Waals surface area contributed by atoms with Gasteiger partial charge in [-0.15, -0.1) is 0 Å². The smallest absolute Gasteiger partial charge is 0.141 e. The van der Waals surface area contributed by atoms with E-state index in [1.54, 1.807) is 0 Å². The van der Waals surface area contributed by atoms with Gasteiger partial charge >= 0.3 is 0 Å².